The lowest BCUT2D eigenvalue weighted by atomic mass is 9.94. The third kappa shape index (κ3) is 4.86. The van der Waals surface area contributed by atoms with Crippen molar-refractivity contribution in [3.8, 4) is 11.1 Å². The van der Waals surface area contributed by atoms with Gasteiger partial charge in [0, 0.05) is 24.6 Å². The predicted octanol–water partition coefficient (Wildman–Crippen LogP) is 3.27. The Bertz CT molecular complexity index is 836. The maximum Gasteiger partial charge on any atom is 0.254 e. The van der Waals surface area contributed by atoms with Gasteiger partial charge in [-0.3, -0.25) is 4.79 Å². The first-order chi connectivity index (χ1) is 13.9. The van der Waals surface area contributed by atoms with Crippen molar-refractivity contribution in [3.63, 3.8) is 0 Å². The van der Waals surface area contributed by atoms with Crippen molar-refractivity contribution in [3.05, 3.63) is 59.7 Å². The first-order valence-electron chi connectivity index (χ1n) is 10.3. The summed E-state index contributed by atoms with van der Waals surface area (Å²) in [4.78, 5) is 17.5. The van der Waals surface area contributed by atoms with Crippen LogP contribution in [-0.4, -0.2) is 66.8 Å². The van der Waals surface area contributed by atoms with Crippen LogP contribution in [0.4, 0.5) is 0 Å². The topological polar surface area (TPSA) is 53.0 Å². The van der Waals surface area contributed by atoms with Crippen molar-refractivity contribution in [1.29, 1.82) is 0 Å². The lowest BCUT2D eigenvalue weighted by Gasteiger charge is -2.34. The standard InChI is InChI=1S/C24H32N2O3/c1-17-13-26(18(2)15-27)24(28)22-12-8-7-11-21(22)20-10-6-5-9-19(20)16-29-23(17)14-25(3)4/h5-12,17-18,23,27H,13-16H2,1-4H3/t17-,18+,23-/m0/s1. The average Bonchev–Trinajstić information content (AvgIpc) is 2.74. The van der Waals surface area contributed by atoms with Crippen LogP contribution in [0.5, 0.6) is 0 Å². The molecule has 1 amide bonds. The molecule has 1 heterocycles. The highest BCUT2D eigenvalue weighted by Crippen LogP contribution is 2.31. The van der Waals surface area contributed by atoms with Gasteiger partial charge in [-0.05, 0) is 43.8 Å². The predicted molar refractivity (Wildman–Crippen MR) is 116 cm³/mol. The van der Waals surface area contributed by atoms with Gasteiger partial charge in [-0.25, -0.2) is 0 Å². The van der Waals surface area contributed by atoms with Gasteiger partial charge in [0.15, 0.2) is 0 Å². The molecule has 0 saturated heterocycles. The molecule has 1 aliphatic rings. The minimum atomic E-state index is -0.269. The number of aliphatic hydroxyl groups is 1. The fraction of sp³-hybridized carbons (Fsp3) is 0.458. The first-order valence-corrected chi connectivity index (χ1v) is 10.3. The number of rotatable bonds is 4. The van der Waals surface area contributed by atoms with E-state index < -0.39 is 0 Å². The number of likely N-dealkylation sites (N-methyl/N-ethyl adjacent to an activating group) is 1. The second-order valence-corrected chi connectivity index (χ2v) is 8.28. The summed E-state index contributed by atoms with van der Waals surface area (Å²) in [5.74, 6) is 0.0714. The molecule has 0 radical (unpaired) electrons. The van der Waals surface area contributed by atoms with E-state index in [-0.39, 0.29) is 30.6 Å². The Hall–Kier alpha value is -2.21. The first kappa shape index (κ1) is 21.5. The van der Waals surface area contributed by atoms with Crippen LogP contribution in [0.15, 0.2) is 48.5 Å². The summed E-state index contributed by atoms with van der Waals surface area (Å²) in [6.45, 7) is 5.74. The fourth-order valence-electron chi connectivity index (χ4n) is 3.91. The Kier molecular flexibility index (Phi) is 7.06. The highest BCUT2D eigenvalue weighted by Gasteiger charge is 2.30. The van der Waals surface area contributed by atoms with Gasteiger partial charge in [-0.15, -0.1) is 0 Å². The van der Waals surface area contributed by atoms with E-state index in [1.807, 2.05) is 63.5 Å². The molecule has 1 N–H and O–H groups in total. The van der Waals surface area contributed by atoms with Crippen LogP contribution >= 0.6 is 0 Å². The summed E-state index contributed by atoms with van der Waals surface area (Å²) in [6, 6.07) is 15.6. The van der Waals surface area contributed by atoms with Gasteiger partial charge in [0.05, 0.1) is 25.4 Å². The smallest absolute Gasteiger partial charge is 0.254 e. The largest absolute Gasteiger partial charge is 0.394 e. The lowest BCUT2D eigenvalue weighted by Crippen LogP contribution is -2.46. The minimum absolute atomic E-state index is 0.0274. The fourth-order valence-corrected chi connectivity index (χ4v) is 3.91. The van der Waals surface area contributed by atoms with E-state index in [0.717, 1.165) is 23.2 Å². The molecule has 1 aliphatic heterocycles. The average molecular weight is 397 g/mol. The summed E-state index contributed by atoms with van der Waals surface area (Å²) in [6.07, 6.45) is -0.0274. The Labute approximate surface area is 173 Å². The molecule has 156 valence electrons. The molecule has 0 unspecified atom stereocenters. The second-order valence-electron chi connectivity index (χ2n) is 8.28. The number of ether oxygens (including phenoxy) is 1. The third-order valence-electron chi connectivity index (χ3n) is 5.64. The Morgan fingerprint density at radius 2 is 1.72 bits per heavy atom. The highest BCUT2D eigenvalue weighted by molar-refractivity contribution is 6.01. The Morgan fingerprint density at radius 1 is 1.10 bits per heavy atom. The molecule has 0 spiro atoms. The van der Waals surface area contributed by atoms with Crippen molar-refractivity contribution in [2.24, 2.45) is 5.92 Å². The normalized spacial score (nSPS) is 21.3. The number of aliphatic hydroxyl groups excluding tert-OH is 1. The summed E-state index contributed by atoms with van der Waals surface area (Å²) >= 11 is 0. The number of fused-ring (bicyclic) bond motifs is 3. The summed E-state index contributed by atoms with van der Waals surface area (Å²) in [5, 5.41) is 9.82. The van der Waals surface area contributed by atoms with E-state index in [1.54, 1.807) is 4.90 Å². The maximum absolute atomic E-state index is 13.6. The zero-order valence-electron chi connectivity index (χ0n) is 17.8. The van der Waals surface area contributed by atoms with E-state index in [1.165, 1.54) is 0 Å². The molecule has 5 nitrogen and oxygen atoms in total. The number of nitrogens with zero attached hydrogens (tertiary/aromatic N) is 2. The maximum atomic E-state index is 13.6. The molecule has 2 aromatic rings. The van der Waals surface area contributed by atoms with E-state index in [0.29, 0.717) is 18.7 Å². The molecular weight excluding hydrogens is 364 g/mol. The number of carbonyl (C=O) groups is 1. The second kappa shape index (κ2) is 9.53. The van der Waals surface area contributed by atoms with Gasteiger partial charge in [-0.1, -0.05) is 49.4 Å². The number of carbonyl (C=O) groups excluding carboxylic acids is 1. The van der Waals surface area contributed by atoms with Gasteiger partial charge < -0.3 is 19.6 Å². The SMILES string of the molecule is C[C@H](CO)N1C[C@H](C)[C@H](CN(C)C)OCc2ccccc2-c2ccccc2C1=O. The van der Waals surface area contributed by atoms with E-state index in [4.69, 9.17) is 4.74 Å². The molecule has 0 fully saturated rings. The van der Waals surface area contributed by atoms with Crippen LogP contribution in [0, 0.1) is 5.92 Å². The number of amides is 1. The summed E-state index contributed by atoms with van der Waals surface area (Å²) < 4.78 is 6.39. The van der Waals surface area contributed by atoms with E-state index in [9.17, 15) is 9.90 Å². The zero-order chi connectivity index (χ0) is 21.0. The summed E-state index contributed by atoms with van der Waals surface area (Å²) in [5.41, 5.74) is 3.67. The minimum Gasteiger partial charge on any atom is -0.394 e. The van der Waals surface area contributed by atoms with Crippen molar-refractivity contribution in [2.75, 3.05) is 33.8 Å². The molecule has 0 aromatic heterocycles. The van der Waals surface area contributed by atoms with Gasteiger partial charge in [0.25, 0.3) is 5.91 Å². The monoisotopic (exact) mass is 396 g/mol. The molecule has 0 bridgehead atoms. The number of benzene rings is 2. The Balaban J connectivity index is 2.13. The van der Waals surface area contributed by atoms with Crippen molar-refractivity contribution in [1.82, 2.24) is 9.80 Å². The molecule has 2 aromatic carbocycles. The van der Waals surface area contributed by atoms with Crippen LogP contribution in [0.1, 0.15) is 29.8 Å². The molecule has 3 rings (SSSR count). The quantitative estimate of drug-likeness (QED) is 0.862. The number of hydrogen-bond acceptors (Lipinski definition) is 4. The molecular formula is C24H32N2O3. The van der Waals surface area contributed by atoms with E-state index >= 15 is 0 Å². The van der Waals surface area contributed by atoms with Gasteiger partial charge in [-0.2, -0.15) is 0 Å². The van der Waals surface area contributed by atoms with Crippen LogP contribution < -0.4 is 0 Å². The summed E-state index contributed by atoms with van der Waals surface area (Å²) in [7, 11) is 4.06. The molecule has 29 heavy (non-hydrogen) atoms. The number of hydrogen-bond donors (Lipinski definition) is 1. The van der Waals surface area contributed by atoms with Gasteiger partial charge in [0.1, 0.15) is 0 Å². The van der Waals surface area contributed by atoms with Crippen LogP contribution in [-0.2, 0) is 11.3 Å². The van der Waals surface area contributed by atoms with Crippen molar-refractivity contribution < 1.29 is 14.6 Å². The van der Waals surface area contributed by atoms with Crippen LogP contribution in [0.2, 0.25) is 0 Å². The van der Waals surface area contributed by atoms with Crippen molar-refractivity contribution >= 4 is 5.91 Å². The Morgan fingerprint density at radius 3 is 2.38 bits per heavy atom. The zero-order valence-corrected chi connectivity index (χ0v) is 17.8. The molecule has 0 aliphatic carbocycles. The van der Waals surface area contributed by atoms with Crippen LogP contribution in [0.3, 0.4) is 0 Å². The third-order valence-corrected chi connectivity index (χ3v) is 5.64. The molecule has 5 heteroatoms. The van der Waals surface area contributed by atoms with Gasteiger partial charge >= 0.3 is 0 Å². The molecule has 3 atom stereocenters. The highest BCUT2D eigenvalue weighted by atomic mass is 16.5. The van der Waals surface area contributed by atoms with E-state index in [2.05, 4.69) is 17.9 Å². The molecule has 0 saturated carbocycles. The lowest BCUT2D eigenvalue weighted by molar-refractivity contribution is -0.0201. The van der Waals surface area contributed by atoms with Crippen molar-refractivity contribution in [2.45, 2.75) is 32.6 Å². The van der Waals surface area contributed by atoms with Gasteiger partial charge in [0.2, 0.25) is 0 Å². The van der Waals surface area contributed by atoms with Crippen LogP contribution in [0.25, 0.3) is 11.1 Å².